The molecule has 0 saturated carbocycles. The number of unbranched alkanes of at least 4 members (excludes halogenated alkanes) is 3. The average molecular weight is 271 g/mol. The molecule has 0 radical (unpaired) electrons. The lowest BCUT2D eigenvalue weighted by Gasteiger charge is -2.02. The molecule has 18 heavy (non-hydrogen) atoms. The van der Waals surface area contributed by atoms with Crippen LogP contribution < -0.4 is 11.1 Å². The van der Waals surface area contributed by atoms with Crippen LogP contribution in [0.3, 0.4) is 0 Å². The molecule has 102 valence electrons. The fraction of sp³-hybridized carbons (Fsp3) is 0.667. The van der Waals surface area contributed by atoms with Crippen molar-refractivity contribution in [2.24, 2.45) is 5.73 Å². The molecule has 0 aromatic carbocycles. The van der Waals surface area contributed by atoms with E-state index in [9.17, 15) is 4.79 Å². The number of amides is 1. The molecule has 0 bridgehead atoms. The Morgan fingerprint density at radius 3 is 2.89 bits per heavy atom. The lowest BCUT2D eigenvalue weighted by molar-refractivity contribution is 0.0948. The van der Waals surface area contributed by atoms with Crippen LogP contribution in [-0.2, 0) is 6.42 Å². The Labute approximate surface area is 111 Å². The molecule has 0 spiro atoms. The topological polar surface area (TPSA) is 88.2 Å². The molecule has 1 aromatic rings. The number of carbonyl (C=O) groups is 1. The van der Waals surface area contributed by atoms with E-state index in [4.69, 9.17) is 10.8 Å². The largest absolute Gasteiger partial charge is 0.396 e. The van der Waals surface area contributed by atoms with Gasteiger partial charge in [0, 0.05) is 25.0 Å². The Bertz CT molecular complexity index is 355. The van der Waals surface area contributed by atoms with Gasteiger partial charge in [0.05, 0.1) is 5.01 Å². The van der Waals surface area contributed by atoms with Gasteiger partial charge in [0.2, 0.25) is 0 Å². The second-order valence-corrected chi connectivity index (χ2v) is 5.00. The Morgan fingerprint density at radius 2 is 2.17 bits per heavy atom. The number of nitrogens with two attached hydrogens (primary N) is 1. The van der Waals surface area contributed by atoms with Crippen molar-refractivity contribution in [1.29, 1.82) is 0 Å². The lowest BCUT2D eigenvalue weighted by atomic mass is 10.2. The molecule has 4 N–H and O–H groups in total. The molecular weight excluding hydrogens is 250 g/mol. The van der Waals surface area contributed by atoms with Crippen LogP contribution in [0.2, 0.25) is 0 Å². The van der Waals surface area contributed by atoms with Gasteiger partial charge in [-0.2, -0.15) is 0 Å². The molecule has 1 aromatic heterocycles. The van der Waals surface area contributed by atoms with Gasteiger partial charge in [0.25, 0.3) is 5.91 Å². The Kier molecular flexibility index (Phi) is 7.55. The van der Waals surface area contributed by atoms with Gasteiger partial charge in [-0.3, -0.25) is 4.79 Å². The van der Waals surface area contributed by atoms with E-state index in [2.05, 4.69) is 10.3 Å². The van der Waals surface area contributed by atoms with E-state index in [-0.39, 0.29) is 12.5 Å². The smallest absolute Gasteiger partial charge is 0.270 e. The zero-order valence-electron chi connectivity index (χ0n) is 10.5. The van der Waals surface area contributed by atoms with Crippen molar-refractivity contribution in [3.05, 3.63) is 16.1 Å². The Hall–Kier alpha value is -0.980. The van der Waals surface area contributed by atoms with Gasteiger partial charge in [-0.05, 0) is 19.4 Å². The maximum Gasteiger partial charge on any atom is 0.270 e. The maximum absolute atomic E-state index is 11.7. The molecule has 0 unspecified atom stereocenters. The van der Waals surface area contributed by atoms with E-state index in [1.54, 1.807) is 5.38 Å². The third-order valence-electron chi connectivity index (χ3n) is 2.51. The van der Waals surface area contributed by atoms with Gasteiger partial charge < -0.3 is 16.2 Å². The first-order valence-corrected chi connectivity index (χ1v) is 7.19. The predicted octanol–water partition coefficient (Wildman–Crippen LogP) is 0.927. The van der Waals surface area contributed by atoms with E-state index in [0.717, 1.165) is 37.1 Å². The number of thiazole rings is 1. The summed E-state index contributed by atoms with van der Waals surface area (Å²) in [6.07, 6.45) is 4.52. The minimum Gasteiger partial charge on any atom is -0.396 e. The first kappa shape index (κ1) is 15.1. The van der Waals surface area contributed by atoms with Crippen LogP contribution >= 0.6 is 11.3 Å². The second kappa shape index (κ2) is 9.02. The van der Waals surface area contributed by atoms with Crippen molar-refractivity contribution in [3.8, 4) is 0 Å². The van der Waals surface area contributed by atoms with E-state index in [1.165, 1.54) is 11.3 Å². The summed E-state index contributed by atoms with van der Waals surface area (Å²) in [6.45, 7) is 1.46. The van der Waals surface area contributed by atoms with Crippen molar-refractivity contribution in [2.45, 2.75) is 32.1 Å². The standard InChI is InChI=1S/C12H21N3O2S/c13-6-5-11-15-10(9-18-11)12(17)14-7-3-1-2-4-8-16/h9,16H,1-8,13H2,(H,14,17). The minimum absolute atomic E-state index is 0.114. The van der Waals surface area contributed by atoms with Gasteiger partial charge in [0.15, 0.2) is 0 Å². The van der Waals surface area contributed by atoms with Crippen LogP contribution in [0.5, 0.6) is 0 Å². The van der Waals surface area contributed by atoms with E-state index in [0.29, 0.717) is 18.8 Å². The van der Waals surface area contributed by atoms with Crippen LogP contribution in [-0.4, -0.2) is 35.7 Å². The van der Waals surface area contributed by atoms with Crippen molar-refractivity contribution >= 4 is 17.2 Å². The van der Waals surface area contributed by atoms with Gasteiger partial charge in [-0.25, -0.2) is 4.98 Å². The van der Waals surface area contributed by atoms with Gasteiger partial charge in [-0.1, -0.05) is 12.8 Å². The van der Waals surface area contributed by atoms with Crippen LogP contribution in [0.1, 0.15) is 41.2 Å². The van der Waals surface area contributed by atoms with Crippen LogP contribution in [0.15, 0.2) is 5.38 Å². The number of carbonyl (C=O) groups excluding carboxylic acids is 1. The van der Waals surface area contributed by atoms with Crippen molar-refractivity contribution < 1.29 is 9.90 Å². The fourth-order valence-corrected chi connectivity index (χ4v) is 2.33. The third-order valence-corrected chi connectivity index (χ3v) is 3.42. The molecule has 0 aliphatic carbocycles. The first-order chi connectivity index (χ1) is 8.77. The average Bonchev–Trinajstić information content (AvgIpc) is 2.82. The van der Waals surface area contributed by atoms with Crippen molar-refractivity contribution in [1.82, 2.24) is 10.3 Å². The summed E-state index contributed by atoms with van der Waals surface area (Å²) < 4.78 is 0. The number of aliphatic hydroxyl groups is 1. The normalized spacial score (nSPS) is 10.6. The van der Waals surface area contributed by atoms with E-state index >= 15 is 0 Å². The summed E-state index contributed by atoms with van der Waals surface area (Å²) >= 11 is 1.47. The first-order valence-electron chi connectivity index (χ1n) is 6.31. The van der Waals surface area contributed by atoms with E-state index in [1.807, 2.05) is 0 Å². The molecule has 0 aliphatic rings. The third kappa shape index (κ3) is 5.57. The predicted molar refractivity (Wildman–Crippen MR) is 72.8 cm³/mol. The summed E-state index contributed by atoms with van der Waals surface area (Å²) in [5.74, 6) is -0.114. The highest BCUT2D eigenvalue weighted by Crippen LogP contribution is 2.09. The van der Waals surface area contributed by atoms with E-state index < -0.39 is 0 Å². The zero-order chi connectivity index (χ0) is 13.2. The molecule has 6 heteroatoms. The molecule has 0 atom stereocenters. The van der Waals surface area contributed by atoms with Gasteiger partial charge >= 0.3 is 0 Å². The minimum atomic E-state index is -0.114. The second-order valence-electron chi connectivity index (χ2n) is 4.06. The number of rotatable bonds is 9. The van der Waals surface area contributed by atoms with Crippen LogP contribution in [0.4, 0.5) is 0 Å². The number of hydrogen-bond donors (Lipinski definition) is 3. The van der Waals surface area contributed by atoms with Gasteiger partial charge in [-0.15, -0.1) is 11.3 Å². The molecule has 0 aliphatic heterocycles. The number of nitrogens with one attached hydrogen (secondary N) is 1. The Balaban J connectivity index is 2.19. The van der Waals surface area contributed by atoms with Gasteiger partial charge in [0.1, 0.15) is 5.69 Å². The summed E-state index contributed by atoms with van der Waals surface area (Å²) in [5, 5.41) is 14.1. The van der Waals surface area contributed by atoms with Crippen LogP contribution in [0, 0.1) is 0 Å². The molecule has 1 amide bonds. The monoisotopic (exact) mass is 271 g/mol. The Morgan fingerprint density at radius 1 is 1.39 bits per heavy atom. The summed E-state index contributed by atoms with van der Waals surface area (Å²) in [4.78, 5) is 15.9. The van der Waals surface area contributed by atoms with Crippen molar-refractivity contribution in [3.63, 3.8) is 0 Å². The molecule has 1 rings (SSSR count). The molecule has 0 saturated heterocycles. The lowest BCUT2D eigenvalue weighted by Crippen LogP contribution is -2.24. The molecule has 1 heterocycles. The molecular formula is C12H21N3O2S. The number of hydrogen-bond acceptors (Lipinski definition) is 5. The highest BCUT2D eigenvalue weighted by Gasteiger charge is 2.09. The SMILES string of the molecule is NCCc1nc(C(=O)NCCCCCCO)cs1. The van der Waals surface area contributed by atoms with Crippen molar-refractivity contribution in [2.75, 3.05) is 19.7 Å². The number of aromatic nitrogens is 1. The highest BCUT2D eigenvalue weighted by atomic mass is 32.1. The maximum atomic E-state index is 11.7. The summed E-state index contributed by atoms with van der Waals surface area (Å²) in [6, 6.07) is 0. The summed E-state index contributed by atoms with van der Waals surface area (Å²) in [5.41, 5.74) is 5.92. The number of nitrogens with zero attached hydrogens (tertiary/aromatic N) is 1. The highest BCUT2D eigenvalue weighted by molar-refractivity contribution is 7.09. The molecule has 5 nitrogen and oxygen atoms in total. The molecule has 0 fully saturated rings. The fourth-order valence-electron chi connectivity index (χ4n) is 1.54. The summed E-state index contributed by atoms with van der Waals surface area (Å²) in [7, 11) is 0. The van der Waals surface area contributed by atoms with Crippen LogP contribution in [0.25, 0.3) is 0 Å². The zero-order valence-corrected chi connectivity index (χ0v) is 11.3. The number of aliphatic hydroxyl groups excluding tert-OH is 1. The quantitative estimate of drug-likeness (QED) is 0.583.